The molecule has 0 aliphatic carbocycles. The zero-order valence-electron chi connectivity index (χ0n) is 10.7. The largest absolute Gasteiger partial charge is 0.399 e. The van der Waals surface area contributed by atoms with E-state index in [-0.39, 0.29) is 12.5 Å². The van der Waals surface area contributed by atoms with Gasteiger partial charge >= 0.3 is 0 Å². The van der Waals surface area contributed by atoms with E-state index < -0.39 is 0 Å². The number of unbranched alkanes of at least 4 members (excludes halogenated alkanes) is 1. The molecule has 0 aliphatic rings. The second-order valence-electron chi connectivity index (χ2n) is 4.02. The van der Waals surface area contributed by atoms with Crippen LogP contribution in [0.15, 0.2) is 18.2 Å². The number of aliphatic hydroxyl groups is 1. The number of anilines is 2. The summed E-state index contributed by atoms with van der Waals surface area (Å²) in [6.07, 6.45) is 1.59. The molecule has 1 amide bonds. The molecule has 0 aromatic heterocycles. The predicted molar refractivity (Wildman–Crippen MR) is 73.7 cm³/mol. The number of hydrogen-bond donors (Lipinski definition) is 4. The van der Waals surface area contributed by atoms with Crippen LogP contribution in [0.4, 0.5) is 11.4 Å². The minimum atomic E-state index is -0.109. The van der Waals surface area contributed by atoms with E-state index in [4.69, 9.17) is 10.8 Å². The molecule has 18 heavy (non-hydrogen) atoms. The third-order valence-electron chi connectivity index (χ3n) is 2.53. The first-order chi connectivity index (χ1) is 8.69. The second kappa shape index (κ2) is 7.55. The van der Waals surface area contributed by atoms with E-state index >= 15 is 0 Å². The van der Waals surface area contributed by atoms with Gasteiger partial charge in [-0.1, -0.05) is 0 Å². The van der Waals surface area contributed by atoms with Crippen LogP contribution in [0.1, 0.15) is 30.1 Å². The van der Waals surface area contributed by atoms with Gasteiger partial charge in [-0.2, -0.15) is 0 Å². The summed E-state index contributed by atoms with van der Waals surface area (Å²) in [7, 11) is 0. The number of amides is 1. The lowest BCUT2D eigenvalue weighted by atomic mass is 10.1. The Morgan fingerprint density at radius 3 is 2.83 bits per heavy atom. The van der Waals surface area contributed by atoms with Gasteiger partial charge in [0.25, 0.3) is 5.91 Å². The van der Waals surface area contributed by atoms with Crippen molar-refractivity contribution >= 4 is 17.3 Å². The molecule has 0 atom stereocenters. The van der Waals surface area contributed by atoms with Gasteiger partial charge in [0.15, 0.2) is 0 Å². The molecule has 0 spiro atoms. The fourth-order valence-corrected chi connectivity index (χ4v) is 1.62. The summed E-state index contributed by atoms with van der Waals surface area (Å²) >= 11 is 0. The van der Waals surface area contributed by atoms with Crippen LogP contribution in [0, 0.1) is 0 Å². The van der Waals surface area contributed by atoms with Gasteiger partial charge in [0.2, 0.25) is 0 Å². The number of hydrogen-bond acceptors (Lipinski definition) is 4. The van der Waals surface area contributed by atoms with Crippen molar-refractivity contribution in [1.29, 1.82) is 0 Å². The minimum Gasteiger partial charge on any atom is -0.399 e. The van der Waals surface area contributed by atoms with Crippen LogP contribution in [-0.4, -0.2) is 30.7 Å². The number of nitrogens with two attached hydrogens (primary N) is 1. The fourth-order valence-electron chi connectivity index (χ4n) is 1.62. The molecule has 5 heteroatoms. The van der Waals surface area contributed by atoms with Crippen molar-refractivity contribution in [3.8, 4) is 0 Å². The highest BCUT2D eigenvalue weighted by Gasteiger charge is 2.10. The average Bonchev–Trinajstić information content (AvgIpc) is 2.35. The smallest absolute Gasteiger partial charge is 0.253 e. The van der Waals surface area contributed by atoms with Crippen molar-refractivity contribution in [2.24, 2.45) is 0 Å². The molecular weight excluding hydrogens is 230 g/mol. The molecule has 1 rings (SSSR count). The summed E-state index contributed by atoms with van der Waals surface area (Å²) in [5.74, 6) is -0.109. The Bertz CT molecular complexity index is 394. The number of carbonyl (C=O) groups is 1. The van der Waals surface area contributed by atoms with Gasteiger partial charge in [-0.3, -0.25) is 4.79 Å². The molecule has 0 saturated carbocycles. The van der Waals surface area contributed by atoms with E-state index in [9.17, 15) is 4.79 Å². The molecule has 0 aliphatic heterocycles. The minimum absolute atomic E-state index is 0.109. The molecule has 1 aromatic carbocycles. The normalized spacial score (nSPS) is 10.1. The number of nitrogens with one attached hydrogen (secondary N) is 2. The Labute approximate surface area is 107 Å². The number of aliphatic hydroxyl groups excluding tert-OH is 1. The van der Waals surface area contributed by atoms with Gasteiger partial charge in [0.1, 0.15) is 0 Å². The first kappa shape index (κ1) is 14.3. The van der Waals surface area contributed by atoms with E-state index in [0.717, 1.165) is 18.5 Å². The highest BCUT2D eigenvalue weighted by Crippen LogP contribution is 2.19. The summed E-state index contributed by atoms with van der Waals surface area (Å²) in [6.45, 7) is 3.36. The zero-order valence-corrected chi connectivity index (χ0v) is 10.7. The molecule has 5 N–H and O–H groups in total. The Kier molecular flexibility index (Phi) is 6.00. The van der Waals surface area contributed by atoms with E-state index in [1.807, 2.05) is 6.92 Å². The third-order valence-corrected chi connectivity index (χ3v) is 2.53. The molecule has 0 bridgehead atoms. The lowest BCUT2D eigenvalue weighted by molar-refractivity contribution is 0.0956. The Morgan fingerprint density at radius 1 is 1.39 bits per heavy atom. The molecule has 1 aromatic rings. The van der Waals surface area contributed by atoms with Gasteiger partial charge in [-0.15, -0.1) is 0 Å². The first-order valence-corrected chi connectivity index (χ1v) is 6.21. The molecular formula is C13H21N3O2. The molecule has 0 heterocycles. The summed E-state index contributed by atoms with van der Waals surface area (Å²) in [6, 6.07) is 5.18. The van der Waals surface area contributed by atoms with Crippen molar-refractivity contribution in [1.82, 2.24) is 5.32 Å². The second-order valence-corrected chi connectivity index (χ2v) is 4.02. The molecule has 0 unspecified atom stereocenters. The van der Waals surface area contributed by atoms with Crippen LogP contribution < -0.4 is 16.4 Å². The molecule has 5 nitrogen and oxygen atoms in total. The van der Waals surface area contributed by atoms with E-state index in [0.29, 0.717) is 24.3 Å². The first-order valence-electron chi connectivity index (χ1n) is 6.21. The van der Waals surface area contributed by atoms with Gasteiger partial charge in [-0.25, -0.2) is 0 Å². The maximum absolute atomic E-state index is 11.8. The summed E-state index contributed by atoms with van der Waals surface area (Å²) in [5.41, 5.74) is 7.67. The number of nitrogen functional groups attached to an aromatic ring is 1. The molecule has 100 valence electrons. The van der Waals surface area contributed by atoms with Crippen molar-refractivity contribution < 1.29 is 9.90 Å². The fraction of sp³-hybridized carbons (Fsp3) is 0.462. The van der Waals surface area contributed by atoms with Crippen LogP contribution >= 0.6 is 0 Å². The van der Waals surface area contributed by atoms with Crippen LogP contribution in [0.2, 0.25) is 0 Å². The number of rotatable bonds is 7. The molecule has 0 fully saturated rings. The molecule has 0 radical (unpaired) electrons. The monoisotopic (exact) mass is 251 g/mol. The van der Waals surface area contributed by atoms with Gasteiger partial charge in [0, 0.05) is 31.1 Å². The number of carbonyl (C=O) groups excluding carboxylic acids is 1. The Morgan fingerprint density at radius 2 is 2.17 bits per heavy atom. The SMILES string of the molecule is CCNC(=O)c1ccc(N)cc1NCCCCO. The van der Waals surface area contributed by atoms with Gasteiger partial charge in [-0.05, 0) is 38.0 Å². The standard InChI is InChI=1S/C13H21N3O2/c1-2-15-13(18)11-6-5-10(14)9-12(11)16-7-3-4-8-17/h5-6,9,16-17H,2-4,7-8,14H2,1H3,(H,15,18). The highest BCUT2D eigenvalue weighted by molar-refractivity contribution is 6.00. The highest BCUT2D eigenvalue weighted by atomic mass is 16.2. The van der Waals surface area contributed by atoms with Crippen LogP contribution in [0.25, 0.3) is 0 Å². The summed E-state index contributed by atoms with van der Waals surface area (Å²) in [4.78, 5) is 11.8. The maximum Gasteiger partial charge on any atom is 0.253 e. The van der Waals surface area contributed by atoms with E-state index in [1.165, 1.54) is 0 Å². The summed E-state index contributed by atoms with van der Waals surface area (Å²) < 4.78 is 0. The van der Waals surface area contributed by atoms with Crippen molar-refractivity contribution in [2.75, 3.05) is 30.7 Å². The average molecular weight is 251 g/mol. The van der Waals surface area contributed by atoms with Crippen LogP contribution in [0.5, 0.6) is 0 Å². The molecule has 0 saturated heterocycles. The topological polar surface area (TPSA) is 87.4 Å². The maximum atomic E-state index is 11.8. The third kappa shape index (κ3) is 4.25. The number of benzene rings is 1. The Hall–Kier alpha value is -1.75. The quantitative estimate of drug-likeness (QED) is 0.433. The van der Waals surface area contributed by atoms with Gasteiger partial charge < -0.3 is 21.5 Å². The van der Waals surface area contributed by atoms with Crippen molar-refractivity contribution in [2.45, 2.75) is 19.8 Å². The van der Waals surface area contributed by atoms with E-state index in [1.54, 1.807) is 18.2 Å². The predicted octanol–water partition coefficient (Wildman–Crippen LogP) is 1.20. The van der Waals surface area contributed by atoms with Crippen molar-refractivity contribution in [3.63, 3.8) is 0 Å². The lowest BCUT2D eigenvalue weighted by Gasteiger charge is -2.12. The Balaban J connectivity index is 2.73. The summed E-state index contributed by atoms with van der Waals surface area (Å²) in [5, 5.41) is 14.6. The van der Waals surface area contributed by atoms with Crippen molar-refractivity contribution in [3.05, 3.63) is 23.8 Å². The van der Waals surface area contributed by atoms with E-state index in [2.05, 4.69) is 10.6 Å². The van der Waals surface area contributed by atoms with Gasteiger partial charge in [0.05, 0.1) is 5.56 Å². The van der Waals surface area contributed by atoms with Crippen LogP contribution in [0.3, 0.4) is 0 Å². The van der Waals surface area contributed by atoms with Crippen LogP contribution in [-0.2, 0) is 0 Å². The lowest BCUT2D eigenvalue weighted by Crippen LogP contribution is -2.24. The zero-order chi connectivity index (χ0) is 13.4.